The molecule has 22 nitrogen and oxygen atoms in total. The average Bonchev–Trinajstić information content (AvgIpc) is 1.61. The normalized spacial score (nSPS) is 23.3. The van der Waals surface area contributed by atoms with E-state index in [4.69, 9.17) is 23.9 Å². The molecule has 6 rings (SSSR count). The summed E-state index contributed by atoms with van der Waals surface area (Å²) < 4.78 is 18.1. The standard InChI is InChI=1S/C65H103N7O15/c1-12-44(6)60(51(83-10)40-55(77)70-35-20-24-49(70)61(84-11)45(7)50(73)25-19-33-65(64(82)71-36-16-17-39-85-71)41-48(65)46-22-14-13-15-23-46)68(9)63(81)58(42(2)3)66-62(80)59(43(4)5)67(8)34-21-28-56(78)86-47-31-37-69(38-32-47)52(74)26-18-27-57(79)87-72-53(75)29-30-54(72)76/h13-15,22-23,42-45,47-49,51,53,58-61,75H,12,16-21,24-41H2,1-11H3,(H,66,80)/t44-,45-,48+,49-,51+,53?,58-,59-,60?,61+,65+/m0/s1. The smallest absolute Gasteiger partial charge is 0.332 e. The largest absolute Gasteiger partial charge is 0.462 e. The van der Waals surface area contributed by atoms with E-state index >= 15 is 0 Å². The predicted octanol–water partition coefficient (Wildman–Crippen LogP) is 6.35. The van der Waals surface area contributed by atoms with Gasteiger partial charge >= 0.3 is 11.9 Å². The van der Waals surface area contributed by atoms with Gasteiger partial charge in [-0.3, -0.25) is 48.1 Å². The number of hydroxylamine groups is 4. The molecule has 1 aliphatic carbocycles. The molecule has 1 aromatic rings. The van der Waals surface area contributed by atoms with Crippen molar-refractivity contribution >= 4 is 53.2 Å². The molecule has 5 aliphatic rings. The summed E-state index contributed by atoms with van der Waals surface area (Å²) in [7, 11) is 6.67. The first-order valence-corrected chi connectivity index (χ1v) is 32.3. The molecule has 22 heteroatoms. The third kappa shape index (κ3) is 18.5. The zero-order valence-corrected chi connectivity index (χ0v) is 53.9. The van der Waals surface area contributed by atoms with E-state index in [0.717, 1.165) is 24.8 Å². The van der Waals surface area contributed by atoms with Crippen LogP contribution >= 0.6 is 0 Å². The zero-order valence-electron chi connectivity index (χ0n) is 53.9. The van der Waals surface area contributed by atoms with Gasteiger partial charge in [-0.2, -0.15) is 0 Å². The van der Waals surface area contributed by atoms with Crippen LogP contribution in [0.25, 0.3) is 0 Å². The highest BCUT2D eigenvalue weighted by molar-refractivity contribution is 5.91. The number of methoxy groups -OCH3 is 2. The first-order valence-electron chi connectivity index (χ1n) is 32.3. The molecule has 0 aromatic heterocycles. The average molecular weight is 1220 g/mol. The second-order valence-electron chi connectivity index (χ2n) is 25.8. The number of Topliss-reactive ketones (excluding diaryl/α,β-unsaturated/α-hetero) is 1. The molecule has 87 heavy (non-hydrogen) atoms. The molecule has 5 fully saturated rings. The quantitative estimate of drug-likeness (QED) is 0.0727. The lowest BCUT2D eigenvalue weighted by molar-refractivity contribution is -0.220. The second kappa shape index (κ2) is 33.3. The Morgan fingerprint density at radius 2 is 1.49 bits per heavy atom. The zero-order chi connectivity index (χ0) is 63.7. The summed E-state index contributed by atoms with van der Waals surface area (Å²) in [5.41, 5.74) is 0.508. The van der Waals surface area contributed by atoms with E-state index < -0.39 is 59.8 Å². The van der Waals surface area contributed by atoms with Crippen LogP contribution in [0.5, 0.6) is 0 Å². The van der Waals surface area contributed by atoms with Crippen LogP contribution in [0.2, 0.25) is 0 Å². The molecular weight excluding hydrogens is 1120 g/mol. The predicted molar refractivity (Wildman–Crippen MR) is 323 cm³/mol. The SMILES string of the molecule is CC[C@H](C)C([C@@H](CC(=O)N1CCC[C@H]1[C@H](OC)[C@@H](C)C(=O)CCC[C@@]1(C(=O)N2CCCCO2)C[C@@H]1c1ccccc1)OC)N(C)C(=O)[C@@H](NC(=O)[C@H](C(C)C)N(C)CCCC(=O)OC1CCN(C(=O)CCCC(=O)ON2C(=O)CCC2O)CC1)C(C)C. The Kier molecular flexibility index (Phi) is 27.0. The highest BCUT2D eigenvalue weighted by Crippen LogP contribution is 2.63. The van der Waals surface area contributed by atoms with Gasteiger partial charge in [-0.25, -0.2) is 9.86 Å². The van der Waals surface area contributed by atoms with Gasteiger partial charge in [0, 0.05) is 105 Å². The number of benzene rings is 1. The van der Waals surface area contributed by atoms with Crippen molar-refractivity contribution in [2.24, 2.45) is 29.1 Å². The Balaban J connectivity index is 0.974. The van der Waals surface area contributed by atoms with Crippen molar-refractivity contribution in [1.82, 2.24) is 35.0 Å². The lowest BCUT2D eigenvalue weighted by Crippen LogP contribution is -2.60. The van der Waals surface area contributed by atoms with Gasteiger partial charge in [0.05, 0.1) is 48.8 Å². The van der Waals surface area contributed by atoms with Crippen molar-refractivity contribution in [2.75, 3.05) is 67.6 Å². The highest BCUT2D eigenvalue weighted by atomic mass is 16.7. The van der Waals surface area contributed by atoms with Crippen molar-refractivity contribution in [3.8, 4) is 0 Å². The van der Waals surface area contributed by atoms with Crippen molar-refractivity contribution in [3.05, 3.63) is 35.9 Å². The Hall–Kier alpha value is -5.55. The fourth-order valence-corrected chi connectivity index (χ4v) is 13.7. The summed E-state index contributed by atoms with van der Waals surface area (Å²) in [5, 5.41) is 15.1. The molecule has 1 aromatic carbocycles. The molecule has 4 heterocycles. The number of carbonyl (C=O) groups is 9. The number of piperidine rings is 1. The van der Waals surface area contributed by atoms with E-state index in [-0.39, 0.29) is 128 Å². The summed E-state index contributed by atoms with van der Waals surface area (Å²) in [5.74, 6) is -3.45. The van der Waals surface area contributed by atoms with Gasteiger partial charge in [0.1, 0.15) is 17.9 Å². The van der Waals surface area contributed by atoms with Crippen molar-refractivity contribution in [1.29, 1.82) is 0 Å². The monoisotopic (exact) mass is 1220 g/mol. The molecule has 0 spiro atoms. The number of aliphatic hydroxyl groups excluding tert-OH is 1. The van der Waals surface area contributed by atoms with Crippen molar-refractivity contribution < 1.29 is 72.1 Å². The molecule has 488 valence electrons. The Labute approximate surface area is 516 Å². The summed E-state index contributed by atoms with van der Waals surface area (Å²) in [4.78, 5) is 140. The van der Waals surface area contributed by atoms with E-state index in [0.29, 0.717) is 95.8 Å². The fourth-order valence-electron chi connectivity index (χ4n) is 13.7. The number of aliphatic hydroxyl groups is 1. The van der Waals surface area contributed by atoms with Crippen LogP contribution in [-0.2, 0) is 67.0 Å². The summed E-state index contributed by atoms with van der Waals surface area (Å²) in [6, 6.07) is 7.65. The Morgan fingerprint density at radius 3 is 2.10 bits per heavy atom. The van der Waals surface area contributed by atoms with Gasteiger partial charge in [-0.05, 0) is 101 Å². The lowest BCUT2D eigenvalue weighted by atomic mass is 9.87. The number of nitrogens with zero attached hydrogens (tertiary/aromatic N) is 6. The molecule has 0 bridgehead atoms. The van der Waals surface area contributed by atoms with Crippen LogP contribution in [0, 0.1) is 29.1 Å². The van der Waals surface area contributed by atoms with Gasteiger partial charge in [0.25, 0.3) is 11.8 Å². The summed E-state index contributed by atoms with van der Waals surface area (Å²) >= 11 is 0. The van der Waals surface area contributed by atoms with Gasteiger partial charge in [0.15, 0.2) is 6.23 Å². The molecule has 2 unspecified atom stereocenters. The van der Waals surface area contributed by atoms with E-state index in [1.54, 1.807) is 36.1 Å². The van der Waals surface area contributed by atoms with E-state index in [2.05, 4.69) is 17.4 Å². The number of rotatable bonds is 33. The van der Waals surface area contributed by atoms with Crippen LogP contribution in [0.4, 0.5) is 0 Å². The fraction of sp³-hybridized carbons (Fsp3) is 0.769. The highest BCUT2D eigenvalue weighted by Gasteiger charge is 2.61. The Morgan fingerprint density at radius 1 is 0.793 bits per heavy atom. The number of likely N-dealkylation sites (N-methyl/N-ethyl adjacent to an activating group) is 2. The maximum absolute atomic E-state index is 14.8. The number of hydrogen-bond acceptors (Lipinski definition) is 16. The van der Waals surface area contributed by atoms with E-state index in [1.165, 1.54) is 0 Å². The number of esters is 1. The molecule has 0 radical (unpaired) electrons. The van der Waals surface area contributed by atoms with Crippen molar-refractivity contribution in [2.45, 2.75) is 225 Å². The van der Waals surface area contributed by atoms with Crippen molar-refractivity contribution in [3.63, 3.8) is 0 Å². The molecule has 1 saturated carbocycles. The topological polar surface area (TPSA) is 251 Å². The maximum Gasteiger partial charge on any atom is 0.332 e. The Bertz CT molecular complexity index is 2470. The molecular formula is C65H103N7O15. The maximum atomic E-state index is 14.8. The van der Waals surface area contributed by atoms with Crippen LogP contribution in [0.3, 0.4) is 0 Å². The number of carbonyl (C=O) groups excluding carboxylic acids is 9. The van der Waals surface area contributed by atoms with E-state index in [1.807, 2.05) is 83.5 Å². The molecule has 4 saturated heterocycles. The molecule has 11 atom stereocenters. The first-order chi connectivity index (χ1) is 41.5. The number of hydrogen-bond donors (Lipinski definition) is 2. The molecule has 2 N–H and O–H groups in total. The minimum atomic E-state index is -1.16. The van der Waals surface area contributed by atoms with Crippen LogP contribution in [0.1, 0.15) is 182 Å². The molecule has 4 aliphatic heterocycles. The van der Waals surface area contributed by atoms with Crippen LogP contribution in [-0.4, -0.2) is 204 Å². The number of amides is 6. The van der Waals surface area contributed by atoms with Gasteiger partial charge in [0.2, 0.25) is 23.6 Å². The van der Waals surface area contributed by atoms with Gasteiger partial charge in [-0.15, -0.1) is 5.06 Å². The molecule has 6 amide bonds. The number of nitrogens with one attached hydrogen (secondary N) is 1. The van der Waals surface area contributed by atoms with Gasteiger partial charge < -0.3 is 44.2 Å². The number of ether oxygens (including phenoxy) is 3. The summed E-state index contributed by atoms with van der Waals surface area (Å²) in [6.07, 6.45) is 5.19. The third-order valence-corrected chi connectivity index (χ3v) is 19.0. The minimum Gasteiger partial charge on any atom is -0.462 e. The third-order valence-electron chi connectivity index (χ3n) is 19.0. The summed E-state index contributed by atoms with van der Waals surface area (Å²) in [6.45, 7) is 16.3. The number of ketones is 1. The first kappa shape index (κ1) is 70.5. The second-order valence-corrected chi connectivity index (χ2v) is 25.8. The van der Waals surface area contributed by atoms with E-state index in [9.17, 15) is 48.3 Å². The number of likely N-dealkylation sites (tertiary alicyclic amines) is 2. The van der Waals surface area contributed by atoms with Crippen LogP contribution in [0.15, 0.2) is 30.3 Å². The minimum absolute atomic E-state index is 0.00627. The van der Waals surface area contributed by atoms with Crippen LogP contribution < -0.4 is 5.32 Å². The lowest BCUT2D eigenvalue weighted by Gasteiger charge is -2.41. The van der Waals surface area contributed by atoms with Gasteiger partial charge in [-0.1, -0.05) is 85.2 Å².